The van der Waals surface area contributed by atoms with Crippen molar-refractivity contribution in [2.24, 2.45) is 5.73 Å². The second-order valence-electron chi connectivity index (χ2n) is 3.06. The third-order valence-corrected chi connectivity index (χ3v) is 4.07. The zero-order chi connectivity index (χ0) is 8.20. The molecule has 2 unspecified atom stereocenters. The number of alkyl halides is 2. The molecule has 1 nitrogen and oxygen atoms in total. The number of nitrogens with two attached hydrogens (primary N) is 1. The van der Waals surface area contributed by atoms with E-state index in [2.05, 4.69) is 38.8 Å². The van der Waals surface area contributed by atoms with Gasteiger partial charge in [0.1, 0.15) is 0 Å². The second-order valence-corrected chi connectivity index (χ2v) is 5.54. The van der Waals surface area contributed by atoms with Crippen LogP contribution in [0.3, 0.4) is 0 Å². The molecule has 0 rings (SSSR count). The van der Waals surface area contributed by atoms with Gasteiger partial charge in [0.25, 0.3) is 0 Å². The van der Waals surface area contributed by atoms with Gasteiger partial charge in [-0.05, 0) is 26.7 Å². The van der Waals surface area contributed by atoms with Crippen molar-refractivity contribution in [3.63, 3.8) is 0 Å². The maximum Gasteiger partial charge on any atom is 0.0327 e. The van der Waals surface area contributed by atoms with Gasteiger partial charge in [-0.1, -0.05) is 31.9 Å². The van der Waals surface area contributed by atoms with Crippen LogP contribution < -0.4 is 5.73 Å². The SMILES string of the molecule is CC(N)CCC(C)(Br)CBr. The van der Waals surface area contributed by atoms with Crippen molar-refractivity contribution < 1.29 is 0 Å². The van der Waals surface area contributed by atoms with Crippen LogP contribution in [0.1, 0.15) is 26.7 Å². The molecule has 0 fully saturated rings. The highest BCUT2D eigenvalue weighted by atomic mass is 79.9. The molecule has 0 spiro atoms. The zero-order valence-electron chi connectivity index (χ0n) is 6.53. The van der Waals surface area contributed by atoms with Crippen LogP contribution in [-0.2, 0) is 0 Å². The summed E-state index contributed by atoms with van der Waals surface area (Å²) in [7, 11) is 0. The Labute approximate surface area is 80.0 Å². The van der Waals surface area contributed by atoms with Gasteiger partial charge in [0.2, 0.25) is 0 Å². The molecule has 62 valence electrons. The maximum atomic E-state index is 5.62. The second kappa shape index (κ2) is 4.73. The number of hydrogen-bond acceptors (Lipinski definition) is 1. The summed E-state index contributed by atoms with van der Waals surface area (Å²) in [5.41, 5.74) is 5.62. The summed E-state index contributed by atoms with van der Waals surface area (Å²) in [6, 6.07) is 0.316. The Morgan fingerprint density at radius 3 is 2.40 bits per heavy atom. The van der Waals surface area contributed by atoms with E-state index < -0.39 is 0 Å². The normalized spacial score (nSPS) is 20.1. The molecule has 0 aromatic heterocycles. The van der Waals surface area contributed by atoms with Crippen molar-refractivity contribution in [1.82, 2.24) is 0 Å². The Hall–Kier alpha value is 0.920. The predicted octanol–water partition coefficient (Wildman–Crippen LogP) is 2.66. The highest BCUT2D eigenvalue weighted by Gasteiger charge is 2.18. The average Bonchev–Trinajstić information content (AvgIpc) is 1.85. The summed E-state index contributed by atoms with van der Waals surface area (Å²) in [4.78, 5) is 0. The Kier molecular flexibility index (Phi) is 5.16. The van der Waals surface area contributed by atoms with Gasteiger partial charge in [-0.15, -0.1) is 0 Å². The van der Waals surface area contributed by atoms with E-state index in [4.69, 9.17) is 5.73 Å². The van der Waals surface area contributed by atoms with Crippen molar-refractivity contribution >= 4 is 31.9 Å². The molecule has 0 amide bonds. The molecule has 0 aromatic carbocycles. The maximum absolute atomic E-state index is 5.62. The van der Waals surface area contributed by atoms with Gasteiger partial charge in [0, 0.05) is 15.7 Å². The molecular formula is C7H15Br2N. The molecule has 0 heterocycles. The molecule has 0 aliphatic carbocycles. The van der Waals surface area contributed by atoms with E-state index in [0.717, 1.165) is 18.2 Å². The molecule has 0 aliphatic heterocycles. The van der Waals surface area contributed by atoms with Gasteiger partial charge < -0.3 is 5.73 Å². The summed E-state index contributed by atoms with van der Waals surface area (Å²) < 4.78 is 0.223. The molecule has 0 saturated carbocycles. The minimum Gasteiger partial charge on any atom is -0.328 e. The Morgan fingerprint density at radius 2 is 2.10 bits per heavy atom. The standard InChI is InChI=1S/C7H15Br2N/c1-6(10)3-4-7(2,9)5-8/h6H,3-5,10H2,1-2H3. The number of rotatable bonds is 4. The van der Waals surface area contributed by atoms with E-state index in [1.165, 1.54) is 0 Å². The minimum absolute atomic E-state index is 0.223. The van der Waals surface area contributed by atoms with Crippen LogP contribution in [0, 0.1) is 0 Å². The third kappa shape index (κ3) is 5.69. The summed E-state index contributed by atoms with van der Waals surface area (Å²) in [5.74, 6) is 0. The third-order valence-electron chi connectivity index (χ3n) is 1.40. The van der Waals surface area contributed by atoms with Crippen LogP contribution in [-0.4, -0.2) is 15.7 Å². The summed E-state index contributed by atoms with van der Waals surface area (Å²) in [6.07, 6.45) is 2.20. The van der Waals surface area contributed by atoms with Crippen molar-refractivity contribution in [2.75, 3.05) is 5.33 Å². The Morgan fingerprint density at radius 1 is 1.60 bits per heavy atom. The van der Waals surface area contributed by atoms with E-state index in [9.17, 15) is 0 Å². The lowest BCUT2D eigenvalue weighted by atomic mass is 10.0. The van der Waals surface area contributed by atoms with Crippen LogP contribution in [0.5, 0.6) is 0 Å². The predicted molar refractivity (Wildman–Crippen MR) is 54.0 cm³/mol. The summed E-state index contributed by atoms with van der Waals surface area (Å²) in [5, 5.41) is 0.979. The molecule has 0 aliphatic rings. The van der Waals surface area contributed by atoms with Crippen molar-refractivity contribution in [1.29, 1.82) is 0 Å². The lowest BCUT2D eigenvalue weighted by molar-refractivity contribution is 0.561. The minimum atomic E-state index is 0.223. The lowest BCUT2D eigenvalue weighted by Gasteiger charge is -2.19. The Balaban J connectivity index is 3.46. The van der Waals surface area contributed by atoms with Crippen LogP contribution in [0.15, 0.2) is 0 Å². The van der Waals surface area contributed by atoms with Gasteiger partial charge in [-0.2, -0.15) is 0 Å². The van der Waals surface area contributed by atoms with E-state index in [-0.39, 0.29) is 4.32 Å². The molecule has 2 N–H and O–H groups in total. The van der Waals surface area contributed by atoms with Crippen LogP contribution in [0.25, 0.3) is 0 Å². The molecule has 3 heteroatoms. The van der Waals surface area contributed by atoms with Gasteiger partial charge in [-0.3, -0.25) is 0 Å². The molecule has 0 saturated heterocycles. The first-order valence-electron chi connectivity index (χ1n) is 3.48. The molecule has 2 atom stereocenters. The smallest absolute Gasteiger partial charge is 0.0327 e. The van der Waals surface area contributed by atoms with E-state index in [1.807, 2.05) is 6.92 Å². The van der Waals surface area contributed by atoms with E-state index in [1.54, 1.807) is 0 Å². The molecular weight excluding hydrogens is 258 g/mol. The largest absolute Gasteiger partial charge is 0.328 e. The fourth-order valence-electron chi connectivity index (χ4n) is 0.595. The number of halogens is 2. The molecule has 0 radical (unpaired) electrons. The van der Waals surface area contributed by atoms with Crippen molar-refractivity contribution in [3.05, 3.63) is 0 Å². The van der Waals surface area contributed by atoms with Gasteiger partial charge >= 0.3 is 0 Å². The molecule has 0 bridgehead atoms. The van der Waals surface area contributed by atoms with Gasteiger partial charge in [-0.25, -0.2) is 0 Å². The van der Waals surface area contributed by atoms with Crippen LogP contribution >= 0.6 is 31.9 Å². The average molecular weight is 273 g/mol. The fraction of sp³-hybridized carbons (Fsp3) is 1.00. The molecule has 0 aromatic rings. The highest BCUT2D eigenvalue weighted by Crippen LogP contribution is 2.25. The Bertz CT molecular complexity index is 91.6. The summed E-state index contributed by atoms with van der Waals surface area (Å²) >= 11 is 7.04. The zero-order valence-corrected chi connectivity index (χ0v) is 9.70. The van der Waals surface area contributed by atoms with E-state index in [0.29, 0.717) is 6.04 Å². The van der Waals surface area contributed by atoms with Crippen LogP contribution in [0.4, 0.5) is 0 Å². The highest BCUT2D eigenvalue weighted by molar-refractivity contribution is 9.12. The quantitative estimate of drug-likeness (QED) is 0.783. The first-order valence-corrected chi connectivity index (χ1v) is 5.40. The topological polar surface area (TPSA) is 26.0 Å². The lowest BCUT2D eigenvalue weighted by Crippen LogP contribution is -2.23. The van der Waals surface area contributed by atoms with Gasteiger partial charge in [0.15, 0.2) is 0 Å². The van der Waals surface area contributed by atoms with Gasteiger partial charge in [0.05, 0.1) is 0 Å². The van der Waals surface area contributed by atoms with Crippen LogP contribution in [0.2, 0.25) is 0 Å². The van der Waals surface area contributed by atoms with E-state index >= 15 is 0 Å². The summed E-state index contributed by atoms with van der Waals surface area (Å²) in [6.45, 7) is 4.21. The van der Waals surface area contributed by atoms with Crippen molar-refractivity contribution in [3.8, 4) is 0 Å². The monoisotopic (exact) mass is 271 g/mol. The number of hydrogen-bond donors (Lipinski definition) is 1. The van der Waals surface area contributed by atoms with Crippen molar-refractivity contribution in [2.45, 2.75) is 37.1 Å². The first-order chi connectivity index (χ1) is 4.48. The molecule has 10 heavy (non-hydrogen) atoms. The first kappa shape index (κ1) is 10.9. The fourth-order valence-corrected chi connectivity index (χ4v) is 1.10.